The summed E-state index contributed by atoms with van der Waals surface area (Å²) in [5.41, 5.74) is 6.28. The number of methoxy groups -OCH3 is 1. The lowest BCUT2D eigenvalue weighted by molar-refractivity contribution is -0.119. The van der Waals surface area contributed by atoms with Crippen LogP contribution in [0, 0.1) is 0 Å². The van der Waals surface area contributed by atoms with E-state index in [1.165, 1.54) is 13.2 Å². The zero-order valence-corrected chi connectivity index (χ0v) is 11.4. The van der Waals surface area contributed by atoms with Crippen LogP contribution in [0.4, 0.5) is 18.9 Å². The van der Waals surface area contributed by atoms with Crippen LogP contribution in [0.3, 0.4) is 0 Å². The first-order chi connectivity index (χ1) is 8.78. The third kappa shape index (κ3) is 4.27. The number of ether oxygens (including phenoxy) is 1. The van der Waals surface area contributed by atoms with E-state index in [4.69, 9.17) is 22.7 Å². The lowest BCUT2D eigenvalue weighted by atomic mass is 10.1. The second-order valence-corrected chi connectivity index (χ2v) is 4.32. The summed E-state index contributed by atoms with van der Waals surface area (Å²) in [6.07, 6.45) is -4.30. The zero-order chi connectivity index (χ0) is 14.6. The second-order valence-electron chi connectivity index (χ2n) is 3.88. The quantitative estimate of drug-likeness (QED) is 0.847. The van der Waals surface area contributed by atoms with Gasteiger partial charge in [0, 0.05) is 18.2 Å². The predicted molar refractivity (Wildman–Crippen MR) is 72.8 cm³/mol. The first-order valence-electron chi connectivity index (χ1n) is 5.58. The number of halogens is 3. The SMILES string of the molecule is CCN(CC(F)(F)F)c1cc(OC)ccc1C(N)=S. The Bertz CT molecular complexity index is 463. The number of rotatable bonds is 5. The highest BCUT2D eigenvalue weighted by Gasteiger charge is 2.31. The molecule has 3 nitrogen and oxygen atoms in total. The Morgan fingerprint density at radius 2 is 2.05 bits per heavy atom. The minimum Gasteiger partial charge on any atom is -0.497 e. The number of nitrogens with two attached hydrogens (primary N) is 1. The number of hydrogen-bond acceptors (Lipinski definition) is 3. The number of nitrogens with zero attached hydrogens (tertiary/aromatic N) is 1. The summed E-state index contributed by atoms with van der Waals surface area (Å²) in [5, 5.41) is 0. The van der Waals surface area contributed by atoms with E-state index in [2.05, 4.69) is 0 Å². The fourth-order valence-electron chi connectivity index (χ4n) is 1.69. The number of anilines is 1. The van der Waals surface area contributed by atoms with E-state index >= 15 is 0 Å². The molecule has 0 unspecified atom stereocenters. The third-order valence-electron chi connectivity index (χ3n) is 2.56. The molecule has 0 amide bonds. The van der Waals surface area contributed by atoms with Crippen molar-refractivity contribution in [3.8, 4) is 5.75 Å². The molecule has 0 saturated heterocycles. The highest BCUT2D eigenvalue weighted by atomic mass is 32.1. The van der Waals surface area contributed by atoms with Crippen molar-refractivity contribution in [3.63, 3.8) is 0 Å². The van der Waals surface area contributed by atoms with Gasteiger partial charge in [-0.3, -0.25) is 0 Å². The van der Waals surface area contributed by atoms with Crippen LogP contribution in [0.5, 0.6) is 5.75 Å². The first kappa shape index (κ1) is 15.6. The van der Waals surface area contributed by atoms with Gasteiger partial charge in [-0.25, -0.2) is 0 Å². The molecule has 2 N–H and O–H groups in total. The molecule has 7 heteroatoms. The standard InChI is InChI=1S/C12H15F3N2OS/c1-3-17(7-12(13,14)15)10-6-8(18-2)4-5-9(10)11(16)19/h4-6H,3,7H2,1-2H3,(H2,16,19). The molecule has 19 heavy (non-hydrogen) atoms. The van der Waals surface area contributed by atoms with Crippen LogP contribution < -0.4 is 15.4 Å². The average Bonchev–Trinajstić information content (AvgIpc) is 2.33. The molecule has 0 aliphatic heterocycles. The molecule has 0 aromatic heterocycles. The van der Waals surface area contributed by atoms with Crippen LogP contribution in [0.1, 0.15) is 12.5 Å². The van der Waals surface area contributed by atoms with Crippen LogP contribution in [0.25, 0.3) is 0 Å². The molecule has 0 aliphatic carbocycles. The van der Waals surface area contributed by atoms with E-state index in [1.807, 2.05) is 0 Å². The van der Waals surface area contributed by atoms with Crippen molar-refractivity contribution in [1.29, 1.82) is 0 Å². The highest BCUT2D eigenvalue weighted by molar-refractivity contribution is 7.80. The Morgan fingerprint density at radius 3 is 2.47 bits per heavy atom. The Kier molecular flexibility index (Phi) is 4.99. The lowest BCUT2D eigenvalue weighted by Crippen LogP contribution is -2.35. The van der Waals surface area contributed by atoms with E-state index in [0.717, 1.165) is 4.90 Å². The van der Waals surface area contributed by atoms with Crippen molar-refractivity contribution in [1.82, 2.24) is 0 Å². The van der Waals surface area contributed by atoms with Crippen molar-refractivity contribution in [2.24, 2.45) is 5.73 Å². The van der Waals surface area contributed by atoms with Gasteiger partial charge in [0.05, 0.1) is 12.8 Å². The summed E-state index contributed by atoms with van der Waals surface area (Å²) in [6.45, 7) is 0.753. The first-order valence-corrected chi connectivity index (χ1v) is 5.99. The number of benzene rings is 1. The Labute approximate surface area is 115 Å². The summed E-state index contributed by atoms with van der Waals surface area (Å²) >= 11 is 4.87. The van der Waals surface area contributed by atoms with Crippen molar-refractivity contribution in [2.75, 3.05) is 25.1 Å². The largest absolute Gasteiger partial charge is 0.497 e. The molecule has 0 fully saturated rings. The van der Waals surface area contributed by atoms with E-state index in [1.54, 1.807) is 19.1 Å². The molecule has 0 heterocycles. The van der Waals surface area contributed by atoms with Gasteiger partial charge in [0.1, 0.15) is 17.3 Å². The third-order valence-corrected chi connectivity index (χ3v) is 2.78. The smallest absolute Gasteiger partial charge is 0.405 e. The molecule has 106 valence electrons. The van der Waals surface area contributed by atoms with Crippen molar-refractivity contribution in [2.45, 2.75) is 13.1 Å². The summed E-state index contributed by atoms with van der Waals surface area (Å²) in [5.74, 6) is 0.454. The number of hydrogen-bond donors (Lipinski definition) is 1. The van der Waals surface area contributed by atoms with Crippen LogP contribution >= 0.6 is 12.2 Å². The van der Waals surface area contributed by atoms with Gasteiger partial charge in [-0.15, -0.1) is 0 Å². The fraction of sp³-hybridized carbons (Fsp3) is 0.417. The van der Waals surface area contributed by atoms with Gasteiger partial charge in [0.2, 0.25) is 0 Å². The van der Waals surface area contributed by atoms with Crippen molar-refractivity contribution >= 4 is 22.9 Å². The summed E-state index contributed by atoms with van der Waals surface area (Å²) in [7, 11) is 1.44. The Hall–Kier alpha value is -1.50. The number of thiocarbonyl (C=S) groups is 1. The van der Waals surface area contributed by atoms with Crippen LogP contribution in [-0.2, 0) is 0 Å². The molecule has 0 saturated carbocycles. The molecular weight excluding hydrogens is 277 g/mol. The molecular formula is C12H15F3N2OS. The summed E-state index contributed by atoms with van der Waals surface area (Å²) in [6, 6.07) is 4.68. The highest BCUT2D eigenvalue weighted by Crippen LogP contribution is 2.29. The molecule has 1 rings (SSSR count). The van der Waals surface area contributed by atoms with Gasteiger partial charge in [-0.05, 0) is 19.1 Å². The molecule has 0 spiro atoms. The van der Waals surface area contributed by atoms with Crippen LogP contribution in [-0.4, -0.2) is 31.4 Å². The molecule has 1 aromatic rings. The van der Waals surface area contributed by atoms with E-state index < -0.39 is 12.7 Å². The Balaban J connectivity index is 3.23. The zero-order valence-electron chi connectivity index (χ0n) is 10.6. The maximum absolute atomic E-state index is 12.6. The Morgan fingerprint density at radius 1 is 1.42 bits per heavy atom. The lowest BCUT2D eigenvalue weighted by Gasteiger charge is -2.26. The minimum absolute atomic E-state index is 0.0540. The van der Waals surface area contributed by atoms with Gasteiger partial charge in [-0.1, -0.05) is 12.2 Å². The van der Waals surface area contributed by atoms with Crippen molar-refractivity contribution < 1.29 is 17.9 Å². The summed E-state index contributed by atoms with van der Waals surface area (Å²) < 4.78 is 42.7. The van der Waals surface area contributed by atoms with E-state index in [0.29, 0.717) is 17.0 Å². The summed E-state index contributed by atoms with van der Waals surface area (Å²) in [4.78, 5) is 1.22. The van der Waals surface area contributed by atoms with E-state index in [9.17, 15) is 13.2 Å². The maximum Gasteiger partial charge on any atom is 0.405 e. The average molecular weight is 292 g/mol. The maximum atomic E-state index is 12.6. The van der Waals surface area contributed by atoms with E-state index in [-0.39, 0.29) is 11.5 Å². The second kappa shape index (κ2) is 6.10. The normalized spacial score (nSPS) is 11.2. The topological polar surface area (TPSA) is 38.5 Å². The number of alkyl halides is 3. The van der Waals surface area contributed by atoms with Gasteiger partial charge >= 0.3 is 6.18 Å². The fourth-order valence-corrected chi connectivity index (χ4v) is 1.86. The van der Waals surface area contributed by atoms with Gasteiger partial charge in [-0.2, -0.15) is 13.2 Å². The molecule has 0 aliphatic rings. The molecule has 0 bridgehead atoms. The predicted octanol–water partition coefficient (Wildman–Crippen LogP) is 2.72. The van der Waals surface area contributed by atoms with Gasteiger partial charge in [0.25, 0.3) is 0 Å². The minimum atomic E-state index is -4.30. The van der Waals surface area contributed by atoms with Crippen LogP contribution in [0.2, 0.25) is 0 Å². The van der Waals surface area contributed by atoms with Gasteiger partial charge in [0.15, 0.2) is 0 Å². The van der Waals surface area contributed by atoms with Crippen LogP contribution in [0.15, 0.2) is 18.2 Å². The van der Waals surface area contributed by atoms with Crippen molar-refractivity contribution in [3.05, 3.63) is 23.8 Å². The van der Waals surface area contributed by atoms with Gasteiger partial charge < -0.3 is 15.4 Å². The molecule has 0 atom stereocenters. The molecule has 0 radical (unpaired) electrons. The monoisotopic (exact) mass is 292 g/mol. The molecule has 1 aromatic carbocycles.